The Labute approximate surface area is 107 Å². The summed E-state index contributed by atoms with van der Waals surface area (Å²) in [5.41, 5.74) is 7.53. The second kappa shape index (κ2) is 4.86. The molecular weight excluding hydrogens is 230 g/mol. The van der Waals surface area contributed by atoms with Crippen molar-refractivity contribution < 1.29 is 9.53 Å². The van der Waals surface area contributed by atoms with E-state index in [-0.39, 0.29) is 11.9 Å². The number of anilines is 2. The Kier molecular flexibility index (Phi) is 3.43. The van der Waals surface area contributed by atoms with Gasteiger partial charge < -0.3 is 20.7 Å². The van der Waals surface area contributed by atoms with Crippen LogP contribution in [0.2, 0.25) is 0 Å². The van der Waals surface area contributed by atoms with Gasteiger partial charge in [-0.2, -0.15) is 0 Å². The fourth-order valence-electron chi connectivity index (χ4n) is 2.04. The Morgan fingerprint density at radius 1 is 1.56 bits per heavy atom. The van der Waals surface area contributed by atoms with E-state index in [9.17, 15) is 4.79 Å². The van der Waals surface area contributed by atoms with Crippen molar-refractivity contribution in [3.8, 4) is 5.75 Å². The fraction of sp³-hybridized carbons (Fsp3) is 0.462. The van der Waals surface area contributed by atoms with Gasteiger partial charge in [0.25, 0.3) is 5.91 Å². The molecule has 1 aliphatic heterocycles. The lowest BCUT2D eigenvalue weighted by Gasteiger charge is -2.34. The van der Waals surface area contributed by atoms with Crippen LogP contribution in [-0.4, -0.2) is 31.6 Å². The largest absolute Gasteiger partial charge is 0.479 e. The monoisotopic (exact) mass is 249 g/mol. The number of rotatable bonds is 3. The molecule has 0 saturated heterocycles. The molecule has 2 rings (SSSR count). The van der Waals surface area contributed by atoms with Crippen LogP contribution in [-0.2, 0) is 4.79 Å². The first kappa shape index (κ1) is 12.7. The zero-order valence-corrected chi connectivity index (χ0v) is 10.9. The number of nitrogens with zero attached hydrogens (tertiary/aromatic N) is 1. The molecule has 0 radical (unpaired) electrons. The molecule has 0 saturated carbocycles. The lowest BCUT2D eigenvalue weighted by molar-refractivity contribution is -0.125. The molecule has 0 aromatic heterocycles. The fourth-order valence-corrected chi connectivity index (χ4v) is 2.04. The summed E-state index contributed by atoms with van der Waals surface area (Å²) >= 11 is 0. The van der Waals surface area contributed by atoms with Gasteiger partial charge >= 0.3 is 0 Å². The van der Waals surface area contributed by atoms with Crippen LogP contribution in [0.15, 0.2) is 18.2 Å². The highest BCUT2D eigenvalue weighted by molar-refractivity contribution is 6.00. The highest BCUT2D eigenvalue weighted by atomic mass is 16.5. The number of hydrogen-bond donors (Lipinski definition) is 2. The van der Waals surface area contributed by atoms with Crippen LogP contribution in [0.3, 0.4) is 0 Å². The summed E-state index contributed by atoms with van der Waals surface area (Å²) in [6.45, 7) is 4.13. The first-order valence-corrected chi connectivity index (χ1v) is 6.08. The second-order valence-electron chi connectivity index (χ2n) is 4.62. The predicted molar refractivity (Wildman–Crippen MR) is 72.1 cm³/mol. The molecule has 18 heavy (non-hydrogen) atoms. The van der Waals surface area contributed by atoms with Gasteiger partial charge in [-0.25, -0.2) is 0 Å². The Morgan fingerprint density at radius 2 is 2.28 bits per heavy atom. The summed E-state index contributed by atoms with van der Waals surface area (Å²) in [6, 6.07) is 5.62. The van der Waals surface area contributed by atoms with Gasteiger partial charge in [-0.05, 0) is 32.0 Å². The number of carbonyl (C=O) groups is 1. The third-order valence-corrected chi connectivity index (χ3v) is 2.93. The topological polar surface area (TPSA) is 67.6 Å². The molecule has 2 atom stereocenters. The summed E-state index contributed by atoms with van der Waals surface area (Å²) in [5, 5.41) is 3.05. The summed E-state index contributed by atoms with van der Waals surface area (Å²) in [7, 11) is 1.84. The van der Waals surface area contributed by atoms with Crippen LogP contribution in [0.4, 0.5) is 11.4 Å². The number of nitrogens with two attached hydrogens (primary N) is 1. The maximum atomic E-state index is 12.1. The van der Waals surface area contributed by atoms with Gasteiger partial charge in [-0.1, -0.05) is 0 Å². The third-order valence-electron chi connectivity index (χ3n) is 2.93. The van der Waals surface area contributed by atoms with E-state index >= 15 is 0 Å². The van der Waals surface area contributed by atoms with Crippen molar-refractivity contribution in [1.82, 2.24) is 0 Å². The molecule has 1 aliphatic rings. The van der Waals surface area contributed by atoms with Gasteiger partial charge in [0, 0.05) is 25.3 Å². The smallest absolute Gasteiger partial charge is 0.267 e. The first-order valence-electron chi connectivity index (χ1n) is 6.08. The molecule has 1 aromatic carbocycles. The lowest BCUT2D eigenvalue weighted by Crippen LogP contribution is -2.48. The summed E-state index contributed by atoms with van der Waals surface area (Å²) in [6.07, 6.45) is -0.461. The van der Waals surface area contributed by atoms with Gasteiger partial charge in [0.15, 0.2) is 6.10 Å². The minimum absolute atomic E-state index is 0.0481. The van der Waals surface area contributed by atoms with Crippen molar-refractivity contribution in [3.63, 3.8) is 0 Å². The summed E-state index contributed by atoms with van der Waals surface area (Å²) in [5.74, 6) is 0.676. The molecule has 1 amide bonds. The van der Waals surface area contributed by atoms with Crippen LogP contribution in [0.25, 0.3) is 0 Å². The van der Waals surface area contributed by atoms with E-state index in [4.69, 9.17) is 10.5 Å². The standard InChI is InChI=1S/C13H19N3O2/c1-8(14)7-16-11-6-10(15-3)4-5-12(11)18-9(2)13(16)17/h4-6,8-9,15H,7,14H2,1-3H3. The molecule has 0 aliphatic carbocycles. The van der Waals surface area contributed by atoms with Crippen LogP contribution in [0.5, 0.6) is 5.75 Å². The number of nitrogens with one attached hydrogen (secondary N) is 1. The molecule has 2 unspecified atom stereocenters. The van der Waals surface area contributed by atoms with E-state index in [1.54, 1.807) is 11.8 Å². The van der Waals surface area contributed by atoms with Gasteiger partial charge in [0.1, 0.15) is 5.75 Å². The van der Waals surface area contributed by atoms with E-state index in [0.717, 1.165) is 17.1 Å². The zero-order chi connectivity index (χ0) is 13.3. The zero-order valence-electron chi connectivity index (χ0n) is 10.9. The molecule has 3 N–H and O–H groups in total. The highest BCUT2D eigenvalue weighted by Crippen LogP contribution is 2.36. The maximum absolute atomic E-state index is 12.1. The minimum Gasteiger partial charge on any atom is -0.479 e. The van der Waals surface area contributed by atoms with Gasteiger partial charge in [-0.3, -0.25) is 4.79 Å². The number of carbonyl (C=O) groups excluding carboxylic acids is 1. The number of hydrogen-bond acceptors (Lipinski definition) is 4. The molecule has 98 valence electrons. The molecule has 5 nitrogen and oxygen atoms in total. The molecule has 1 aromatic rings. The summed E-state index contributed by atoms with van der Waals surface area (Å²) in [4.78, 5) is 13.9. The number of ether oxygens (including phenoxy) is 1. The van der Waals surface area contributed by atoms with Crippen molar-refractivity contribution in [1.29, 1.82) is 0 Å². The van der Waals surface area contributed by atoms with E-state index in [1.165, 1.54) is 0 Å². The Balaban J connectivity index is 2.42. The van der Waals surface area contributed by atoms with Crippen molar-refractivity contribution >= 4 is 17.3 Å². The molecular formula is C13H19N3O2. The van der Waals surface area contributed by atoms with Gasteiger partial charge in [0.2, 0.25) is 0 Å². The molecule has 0 spiro atoms. The van der Waals surface area contributed by atoms with Crippen molar-refractivity contribution in [2.45, 2.75) is 26.0 Å². The van der Waals surface area contributed by atoms with Crippen molar-refractivity contribution in [3.05, 3.63) is 18.2 Å². The van der Waals surface area contributed by atoms with Crippen LogP contribution >= 0.6 is 0 Å². The summed E-state index contributed by atoms with van der Waals surface area (Å²) < 4.78 is 5.60. The molecule has 1 heterocycles. The minimum atomic E-state index is -0.461. The molecule has 0 fully saturated rings. The van der Waals surface area contributed by atoms with Crippen molar-refractivity contribution in [2.75, 3.05) is 23.8 Å². The third kappa shape index (κ3) is 2.26. The van der Waals surface area contributed by atoms with Crippen LogP contribution < -0.4 is 20.7 Å². The second-order valence-corrected chi connectivity index (χ2v) is 4.62. The number of fused-ring (bicyclic) bond motifs is 1. The quantitative estimate of drug-likeness (QED) is 0.844. The lowest BCUT2D eigenvalue weighted by atomic mass is 10.1. The highest BCUT2D eigenvalue weighted by Gasteiger charge is 2.31. The van der Waals surface area contributed by atoms with E-state index in [0.29, 0.717) is 6.54 Å². The van der Waals surface area contributed by atoms with Gasteiger partial charge in [-0.15, -0.1) is 0 Å². The number of amides is 1. The number of benzene rings is 1. The normalized spacial score (nSPS) is 20.1. The molecule has 0 bridgehead atoms. The Hall–Kier alpha value is -1.75. The average molecular weight is 249 g/mol. The van der Waals surface area contributed by atoms with Crippen molar-refractivity contribution in [2.24, 2.45) is 5.73 Å². The first-order chi connectivity index (χ1) is 8.52. The maximum Gasteiger partial charge on any atom is 0.267 e. The van der Waals surface area contributed by atoms with Gasteiger partial charge in [0.05, 0.1) is 5.69 Å². The SMILES string of the molecule is CNc1ccc2c(c1)N(CC(C)N)C(=O)C(C)O2. The Morgan fingerprint density at radius 3 is 2.89 bits per heavy atom. The Bertz CT molecular complexity index is 460. The molecule has 5 heteroatoms. The van der Waals surface area contributed by atoms with E-state index in [1.807, 2.05) is 32.2 Å². The predicted octanol–water partition coefficient (Wildman–Crippen LogP) is 1.19. The van der Waals surface area contributed by atoms with Crippen LogP contribution in [0, 0.1) is 0 Å². The van der Waals surface area contributed by atoms with E-state index < -0.39 is 6.10 Å². The van der Waals surface area contributed by atoms with Crippen LogP contribution in [0.1, 0.15) is 13.8 Å². The average Bonchev–Trinajstić information content (AvgIpc) is 2.34. The van der Waals surface area contributed by atoms with E-state index in [2.05, 4.69) is 5.32 Å².